The molecule has 31 heavy (non-hydrogen) atoms. The van der Waals surface area contributed by atoms with E-state index < -0.39 is 0 Å². The van der Waals surface area contributed by atoms with E-state index in [2.05, 4.69) is 65.1 Å². The van der Waals surface area contributed by atoms with Gasteiger partial charge in [0.1, 0.15) is 0 Å². The zero-order chi connectivity index (χ0) is 21.5. The SMILES string of the molecule is CC(C)c1noc(N2CCC(c3nc(-c4ccc5cnn(C(C)C)c5c4)no3)CC2)n1. The Morgan fingerprint density at radius 2 is 1.81 bits per heavy atom. The lowest BCUT2D eigenvalue weighted by Gasteiger charge is -2.28. The molecule has 9 nitrogen and oxygen atoms in total. The van der Waals surface area contributed by atoms with Gasteiger partial charge in [0.05, 0.1) is 11.7 Å². The molecule has 1 aliphatic heterocycles. The van der Waals surface area contributed by atoms with E-state index in [4.69, 9.17) is 14.0 Å². The number of rotatable bonds is 5. The Hall–Kier alpha value is -3.23. The van der Waals surface area contributed by atoms with Crippen LogP contribution in [-0.4, -0.2) is 43.2 Å². The number of benzene rings is 1. The molecule has 0 saturated carbocycles. The smallest absolute Gasteiger partial charge is 0.324 e. The van der Waals surface area contributed by atoms with E-state index in [1.54, 1.807) is 0 Å². The van der Waals surface area contributed by atoms with Gasteiger partial charge in [0.2, 0.25) is 11.7 Å². The number of nitrogens with zero attached hydrogens (tertiary/aromatic N) is 7. The minimum atomic E-state index is 0.231. The first-order valence-electron chi connectivity index (χ1n) is 10.9. The van der Waals surface area contributed by atoms with Gasteiger partial charge in [-0.25, -0.2) is 0 Å². The number of aromatic nitrogens is 6. The van der Waals surface area contributed by atoms with Crippen LogP contribution in [0.25, 0.3) is 22.3 Å². The van der Waals surface area contributed by atoms with Gasteiger partial charge in [-0.1, -0.05) is 36.3 Å². The van der Waals surface area contributed by atoms with Crippen LogP contribution < -0.4 is 4.90 Å². The van der Waals surface area contributed by atoms with Crippen LogP contribution in [0.3, 0.4) is 0 Å². The largest absolute Gasteiger partial charge is 0.339 e. The second kappa shape index (κ2) is 7.79. The Kier molecular flexibility index (Phi) is 4.95. The van der Waals surface area contributed by atoms with Gasteiger partial charge in [0, 0.05) is 41.9 Å². The Balaban J connectivity index is 1.30. The molecule has 1 fully saturated rings. The number of hydrogen-bond acceptors (Lipinski definition) is 8. The number of piperidine rings is 1. The fourth-order valence-electron chi connectivity index (χ4n) is 4.01. The van der Waals surface area contributed by atoms with Crippen LogP contribution in [0.5, 0.6) is 0 Å². The van der Waals surface area contributed by atoms with Crippen molar-refractivity contribution >= 4 is 16.9 Å². The summed E-state index contributed by atoms with van der Waals surface area (Å²) < 4.78 is 13.1. The van der Waals surface area contributed by atoms with Crippen molar-refractivity contribution < 1.29 is 9.05 Å². The molecule has 0 amide bonds. The predicted octanol–water partition coefficient (Wildman–Crippen LogP) is 4.56. The molecule has 4 heterocycles. The van der Waals surface area contributed by atoms with E-state index in [0.717, 1.165) is 48.2 Å². The van der Waals surface area contributed by atoms with Gasteiger partial charge in [0.25, 0.3) is 0 Å². The average Bonchev–Trinajstić information content (AvgIpc) is 3.52. The third kappa shape index (κ3) is 3.68. The zero-order valence-corrected chi connectivity index (χ0v) is 18.3. The van der Waals surface area contributed by atoms with E-state index in [0.29, 0.717) is 17.7 Å². The Morgan fingerprint density at radius 3 is 2.52 bits per heavy atom. The lowest BCUT2D eigenvalue weighted by atomic mass is 9.97. The summed E-state index contributed by atoms with van der Waals surface area (Å²) in [6.45, 7) is 10.00. The molecule has 0 aliphatic carbocycles. The van der Waals surface area contributed by atoms with Crippen LogP contribution in [0.4, 0.5) is 6.01 Å². The van der Waals surface area contributed by atoms with Crippen molar-refractivity contribution in [3.8, 4) is 11.4 Å². The summed E-state index contributed by atoms with van der Waals surface area (Å²) in [6, 6.07) is 7.05. The summed E-state index contributed by atoms with van der Waals surface area (Å²) in [5, 5.41) is 13.9. The highest BCUT2D eigenvalue weighted by Crippen LogP contribution is 2.31. The van der Waals surface area contributed by atoms with E-state index in [1.807, 2.05) is 16.9 Å². The molecule has 1 aromatic carbocycles. The molecule has 1 aliphatic rings. The molecule has 4 aromatic rings. The number of anilines is 1. The Bertz CT molecular complexity index is 1180. The molecule has 0 spiro atoms. The maximum Gasteiger partial charge on any atom is 0.324 e. The molecule has 9 heteroatoms. The Labute approximate surface area is 180 Å². The molecule has 3 aromatic heterocycles. The van der Waals surface area contributed by atoms with Crippen LogP contribution >= 0.6 is 0 Å². The van der Waals surface area contributed by atoms with Crippen molar-refractivity contribution in [2.75, 3.05) is 18.0 Å². The van der Waals surface area contributed by atoms with Crippen molar-refractivity contribution in [2.24, 2.45) is 0 Å². The maximum absolute atomic E-state index is 5.65. The topological polar surface area (TPSA) is 98.9 Å². The molecule has 5 rings (SSSR count). The lowest BCUT2D eigenvalue weighted by molar-refractivity contribution is 0.322. The van der Waals surface area contributed by atoms with Crippen molar-refractivity contribution in [3.05, 3.63) is 36.1 Å². The predicted molar refractivity (Wildman–Crippen MR) is 116 cm³/mol. The van der Waals surface area contributed by atoms with E-state index in [1.165, 1.54) is 0 Å². The van der Waals surface area contributed by atoms with Crippen LogP contribution in [-0.2, 0) is 0 Å². The van der Waals surface area contributed by atoms with Gasteiger partial charge in [-0.3, -0.25) is 4.68 Å². The third-order valence-electron chi connectivity index (χ3n) is 5.85. The van der Waals surface area contributed by atoms with Gasteiger partial charge in [-0.2, -0.15) is 15.1 Å². The van der Waals surface area contributed by atoms with Gasteiger partial charge in [-0.05, 0) is 32.8 Å². The fourth-order valence-corrected chi connectivity index (χ4v) is 4.01. The Morgan fingerprint density at radius 1 is 1.00 bits per heavy atom. The highest BCUT2D eigenvalue weighted by atomic mass is 16.5. The van der Waals surface area contributed by atoms with Crippen LogP contribution in [0.15, 0.2) is 33.4 Å². The standard InChI is InChI=1S/C22H27N7O2/c1-13(2)19-25-22(31-26-19)28-9-7-15(8-10-28)21-24-20(27-30-21)16-5-6-17-12-23-29(14(3)4)18(17)11-16/h5-6,11-15H,7-10H2,1-4H3. The minimum absolute atomic E-state index is 0.231. The monoisotopic (exact) mass is 421 g/mol. The fraction of sp³-hybridized carbons (Fsp3) is 0.500. The first-order valence-corrected chi connectivity index (χ1v) is 10.9. The summed E-state index contributed by atoms with van der Waals surface area (Å²) in [6.07, 6.45) is 3.70. The molecule has 0 atom stereocenters. The van der Waals surface area contributed by atoms with Crippen LogP contribution in [0, 0.1) is 0 Å². The second-order valence-corrected chi connectivity index (χ2v) is 8.76. The van der Waals surface area contributed by atoms with Crippen molar-refractivity contribution in [2.45, 2.75) is 58.4 Å². The number of fused-ring (bicyclic) bond motifs is 1. The first kappa shape index (κ1) is 19.7. The van der Waals surface area contributed by atoms with E-state index >= 15 is 0 Å². The second-order valence-electron chi connectivity index (χ2n) is 8.76. The molecule has 1 saturated heterocycles. The summed E-state index contributed by atoms with van der Waals surface area (Å²) in [7, 11) is 0. The van der Waals surface area contributed by atoms with E-state index in [9.17, 15) is 0 Å². The van der Waals surface area contributed by atoms with Crippen LogP contribution in [0.2, 0.25) is 0 Å². The summed E-state index contributed by atoms with van der Waals surface area (Å²) in [4.78, 5) is 11.4. The average molecular weight is 422 g/mol. The molecular formula is C22H27N7O2. The van der Waals surface area contributed by atoms with Gasteiger partial charge < -0.3 is 13.9 Å². The van der Waals surface area contributed by atoms with E-state index in [-0.39, 0.29) is 17.9 Å². The maximum atomic E-state index is 5.65. The molecule has 0 unspecified atom stereocenters. The summed E-state index contributed by atoms with van der Waals surface area (Å²) in [5.74, 6) is 2.55. The summed E-state index contributed by atoms with van der Waals surface area (Å²) in [5.41, 5.74) is 2.02. The summed E-state index contributed by atoms with van der Waals surface area (Å²) >= 11 is 0. The third-order valence-corrected chi connectivity index (χ3v) is 5.85. The minimum Gasteiger partial charge on any atom is -0.339 e. The normalized spacial score (nSPS) is 15.6. The molecule has 162 valence electrons. The molecule has 0 N–H and O–H groups in total. The number of hydrogen-bond donors (Lipinski definition) is 0. The molecule has 0 radical (unpaired) electrons. The van der Waals surface area contributed by atoms with Crippen molar-refractivity contribution in [1.82, 2.24) is 30.1 Å². The lowest BCUT2D eigenvalue weighted by Crippen LogP contribution is -2.33. The van der Waals surface area contributed by atoms with Crippen molar-refractivity contribution in [3.63, 3.8) is 0 Å². The van der Waals surface area contributed by atoms with Crippen molar-refractivity contribution in [1.29, 1.82) is 0 Å². The first-order chi connectivity index (χ1) is 15.0. The van der Waals surface area contributed by atoms with Gasteiger partial charge in [-0.15, -0.1) is 0 Å². The highest BCUT2D eigenvalue weighted by Gasteiger charge is 2.28. The van der Waals surface area contributed by atoms with Gasteiger partial charge in [0.15, 0.2) is 5.82 Å². The highest BCUT2D eigenvalue weighted by molar-refractivity contribution is 5.83. The van der Waals surface area contributed by atoms with Crippen LogP contribution in [0.1, 0.15) is 70.1 Å². The van der Waals surface area contributed by atoms with Gasteiger partial charge >= 0.3 is 6.01 Å². The molecular weight excluding hydrogens is 394 g/mol. The molecule has 0 bridgehead atoms. The quantitative estimate of drug-likeness (QED) is 0.462. The zero-order valence-electron chi connectivity index (χ0n) is 18.3.